The van der Waals surface area contributed by atoms with Gasteiger partial charge in [-0.1, -0.05) is 50.2 Å². The van der Waals surface area contributed by atoms with Crippen molar-refractivity contribution in [2.45, 2.75) is 32.4 Å². The van der Waals surface area contributed by atoms with Gasteiger partial charge in [0.15, 0.2) is 5.54 Å². The SMILES string of the molecule is CC(C)C(NC(=O)CN1C(=O)NC(C)(c2cccs2)C1=O)c1ccccc1. The van der Waals surface area contributed by atoms with Gasteiger partial charge in [-0.15, -0.1) is 11.3 Å². The van der Waals surface area contributed by atoms with Crippen molar-refractivity contribution in [3.63, 3.8) is 0 Å². The molecule has 6 nitrogen and oxygen atoms in total. The quantitative estimate of drug-likeness (QED) is 0.750. The van der Waals surface area contributed by atoms with Crippen LogP contribution in [0.2, 0.25) is 0 Å². The highest BCUT2D eigenvalue weighted by Gasteiger charge is 2.50. The summed E-state index contributed by atoms with van der Waals surface area (Å²) in [6.45, 7) is 5.39. The molecule has 1 aromatic heterocycles. The fraction of sp³-hybridized carbons (Fsp3) is 0.350. The first kappa shape index (κ1) is 19.1. The van der Waals surface area contributed by atoms with E-state index in [1.54, 1.807) is 13.0 Å². The van der Waals surface area contributed by atoms with E-state index in [9.17, 15) is 14.4 Å². The van der Waals surface area contributed by atoms with Gasteiger partial charge < -0.3 is 10.6 Å². The molecule has 2 heterocycles. The van der Waals surface area contributed by atoms with Gasteiger partial charge in [0, 0.05) is 4.88 Å². The minimum absolute atomic E-state index is 0.163. The summed E-state index contributed by atoms with van der Waals surface area (Å²) in [7, 11) is 0. The summed E-state index contributed by atoms with van der Waals surface area (Å²) >= 11 is 1.39. The number of carbonyl (C=O) groups is 3. The van der Waals surface area contributed by atoms with Gasteiger partial charge in [-0.25, -0.2) is 4.79 Å². The highest BCUT2D eigenvalue weighted by atomic mass is 32.1. The molecule has 2 unspecified atom stereocenters. The summed E-state index contributed by atoms with van der Waals surface area (Å²) in [4.78, 5) is 39.5. The molecule has 1 fully saturated rings. The lowest BCUT2D eigenvalue weighted by Gasteiger charge is -2.24. The Balaban J connectivity index is 1.72. The topological polar surface area (TPSA) is 78.5 Å². The van der Waals surface area contributed by atoms with Gasteiger partial charge >= 0.3 is 6.03 Å². The van der Waals surface area contributed by atoms with Crippen LogP contribution >= 0.6 is 11.3 Å². The molecule has 0 bridgehead atoms. The van der Waals surface area contributed by atoms with Gasteiger partial charge in [-0.05, 0) is 29.9 Å². The Kier molecular flexibility index (Phi) is 5.32. The van der Waals surface area contributed by atoms with Crippen molar-refractivity contribution in [1.29, 1.82) is 0 Å². The van der Waals surface area contributed by atoms with Crippen LogP contribution < -0.4 is 10.6 Å². The predicted octanol–water partition coefficient (Wildman–Crippen LogP) is 3.03. The Morgan fingerprint density at radius 2 is 1.89 bits per heavy atom. The molecular weight excluding hydrogens is 362 g/mol. The lowest BCUT2D eigenvalue weighted by molar-refractivity contribution is -0.135. The summed E-state index contributed by atoms with van der Waals surface area (Å²) < 4.78 is 0. The Bertz CT molecular complexity index is 835. The van der Waals surface area contributed by atoms with Crippen molar-refractivity contribution in [2.24, 2.45) is 5.92 Å². The Morgan fingerprint density at radius 1 is 1.19 bits per heavy atom. The smallest absolute Gasteiger partial charge is 0.325 e. The normalized spacial score (nSPS) is 20.7. The van der Waals surface area contributed by atoms with Crippen LogP contribution in [0.3, 0.4) is 0 Å². The summed E-state index contributed by atoms with van der Waals surface area (Å²) in [6, 6.07) is 12.5. The van der Waals surface area contributed by atoms with Crippen molar-refractivity contribution >= 4 is 29.2 Å². The van der Waals surface area contributed by atoms with Crippen LogP contribution in [0.25, 0.3) is 0 Å². The third-order valence-corrected chi connectivity index (χ3v) is 5.82. The maximum atomic E-state index is 12.8. The second-order valence-electron chi connectivity index (χ2n) is 7.12. The summed E-state index contributed by atoms with van der Waals surface area (Å²) in [5, 5.41) is 7.52. The fourth-order valence-electron chi connectivity index (χ4n) is 3.23. The molecule has 2 atom stereocenters. The average Bonchev–Trinajstić information content (AvgIpc) is 3.25. The van der Waals surface area contributed by atoms with Crippen LogP contribution in [-0.4, -0.2) is 29.3 Å². The lowest BCUT2D eigenvalue weighted by atomic mass is 9.96. The van der Waals surface area contributed by atoms with Crippen molar-refractivity contribution in [2.75, 3.05) is 6.54 Å². The number of nitrogens with one attached hydrogen (secondary N) is 2. The zero-order valence-electron chi connectivity index (χ0n) is 15.6. The van der Waals surface area contributed by atoms with E-state index < -0.39 is 17.5 Å². The number of urea groups is 1. The molecule has 0 aliphatic carbocycles. The Labute approximate surface area is 162 Å². The third-order valence-electron chi connectivity index (χ3n) is 4.73. The zero-order chi connectivity index (χ0) is 19.6. The largest absolute Gasteiger partial charge is 0.347 e. The van der Waals surface area contributed by atoms with Crippen molar-refractivity contribution in [3.8, 4) is 0 Å². The molecular formula is C20H23N3O3S. The van der Waals surface area contributed by atoms with E-state index in [4.69, 9.17) is 0 Å². The Morgan fingerprint density at radius 3 is 2.48 bits per heavy atom. The van der Waals surface area contributed by atoms with Crippen LogP contribution in [0.4, 0.5) is 4.79 Å². The molecule has 142 valence electrons. The maximum Gasteiger partial charge on any atom is 0.325 e. The molecule has 27 heavy (non-hydrogen) atoms. The molecule has 1 aromatic carbocycles. The molecule has 1 saturated heterocycles. The Hall–Kier alpha value is -2.67. The van der Waals surface area contributed by atoms with Gasteiger partial charge in [0.05, 0.1) is 6.04 Å². The number of rotatable bonds is 6. The first-order valence-electron chi connectivity index (χ1n) is 8.85. The molecule has 3 rings (SSSR count). The van der Waals surface area contributed by atoms with Crippen LogP contribution in [0.1, 0.15) is 37.3 Å². The first-order valence-corrected chi connectivity index (χ1v) is 9.73. The van der Waals surface area contributed by atoms with E-state index >= 15 is 0 Å². The molecule has 1 aliphatic rings. The highest BCUT2D eigenvalue weighted by Crippen LogP contribution is 2.31. The van der Waals surface area contributed by atoms with E-state index in [-0.39, 0.29) is 24.4 Å². The zero-order valence-corrected chi connectivity index (χ0v) is 16.4. The second-order valence-corrected chi connectivity index (χ2v) is 8.07. The summed E-state index contributed by atoms with van der Waals surface area (Å²) in [5.74, 6) is -0.613. The molecule has 0 radical (unpaired) electrons. The van der Waals surface area contributed by atoms with E-state index in [2.05, 4.69) is 10.6 Å². The summed E-state index contributed by atoms with van der Waals surface area (Å²) in [5.41, 5.74) is -0.135. The van der Waals surface area contributed by atoms with Gasteiger partial charge in [0.1, 0.15) is 6.54 Å². The number of carbonyl (C=O) groups excluding carboxylic acids is 3. The van der Waals surface area contributed by atoms with E-state index in [0.29, 0.717) is 0 Å². The van der Waals surface area contributed by atoms with Crippen LogP contribution in [0, 0.1) is 5.92 Å². The van der Waals surface area contributed by atoms with Crippen molar-refractivity contribution in [3.05, 3.63) is 58.3 Å². The van der Waals surface area contributed by atoms with Gasteiger partial charge in [-0.2, -0.15) is 0 Å². The number of hydrogen-bond acceptors (Lipinski definition) is 4. The van der Waals surface area contributed by atoms with Crippen LogP contribution in [-0.2, 0) is 15.1 Å². The number of amides is 4. The standard InChI is InChI=1S/C20H23N3O3S/c1-13(2)17(14-8-5-4-6-9-14)21-16(24)12-23-18(25)20(3,22-19(23)26)15-10-7-11-27-15/h4-11,13,17H,12H2,1-3H3,(H,21,24)(H,22,26). The molecule has 1 aliphatic heterocycles. The van der Waals surface area contributed by atoms with Crippen LogP contribution in [0.5, 0.6) is 0 Å². The number of thiophene rings is 1. The van der Waals surface area contributed by atoms with E-state index in [1.165, 1.54) is 11.3 Å². The number of imide groups is 1. The van der Waals surface area contributed by atoms with Crippen LogP contribution in [0.15, 0.2) is 47.8 Å². The monoisotopic (exact) mass is 385 g/mol. The summed E-state index contributed by atoms with van der Waals surface area (Å²) in [6.07, 6.45) is 0. The van der Waals surface area contributed by atoms with Gasteiger partial charge in [0.2, 0.25) is 5.91 Å². The van der Waals surface area contributed by atoms with E-state index in [0.717, 1.165) is 15.3 Å². The molecule has 2 N–H and O–H groups in total. The highest BCUT2D eigenvalue weighted by molar-refractivity contribution is 7.10. The fourth-order valence-corrected chi connectivity index (χ4v) is 4.06. The van der Waals surface area contributed by atoms with Crippen molar-refractivity contribution < 1.29 is 14.4 Å². The first-order chi connectivity index (χ1) is 12.8. The van der Waals surface area contributed by atoms with Gasteiger partial charge in [0.25, 0.3) is 5.91 Å². The number of hydrogen-bond donors (Lipinski definition) is 2. The van der Waals surface area contributed by atoms with Crippen molar-refractivity contribution in [1.82, 2.24) is 15.5 Å². The van der Waals surface area contributed by atoms with Gasteiger partial charge in [-0.3, -0.25) is 14.5 Å². The third kappa shape index (κ3) is 3.73. The molecule has 0 saturated carbocycles. The molecule has 4 amide bonds. The molecule has 0 spiro atoms. The average molecular weight is 385 g/mol. The number of nitrogens with zero attached hydrogens (tertiary/aromatic N) is 1. The number of benzene rings is 1. The molecule has 2 aromatic rings. The predicted molar refractivity (Wildman–Crippen MR) is 104 cm³/mol. The maximum absolute atomic E-state index is 12.8. The molecule has 7 heteroatoms. The minimum atomic E-state index is -1.12. The second kappa shape index (κ2) is 7.52. The lowest BCUT2D eigenvalue weighted by Crippen LogP contribution is -2.44. The van der Waals surface area contributed by atoms with E-state index in [1.807, 2.05) is 55.6 Å². The minimum Gasteiger partial charge on any atom is -0.347 e.